The molecule has 1 amide bonds. The smallest absolute Gasteiger partial charge is 0.252 e. The van der Waals surface area contributed by atoms with Gasteiger partial charge in [0.2, 0.25) is 0 Å². The van der Waals surface area contributed by atoms with Gasteiger partial charge < -0.3 is 10.1 Å². The maximum absolute atomic E-state index is 12.2. The SMILES string of the molecule is COCC(Cl)CCNC(=O)c1ccnc2ccccc12. The van der Waals surface area contributed by atoms with Crippen molar-refractivity contribution in [3.8, 4) is 0 Å². The number of nitrogens with one attached hydrogen (secondary N) is 1. The molecule has 1 aromatic carbocycles. The largest absolute Gasteiger partial charge is 0.383 e. The van der Waals surface area contributed by atoms with Crippen molar-refractivity contribution in [1.29, 1.82) is 0 Å². The van der Waals surface area contributed by atoms with E-state index in [4.69, 9.17) is 16.3 Å². The summed E-state index contributed by atoms with van der Waals surface area (Å²) in [5, 5.41) is 3.64. The Labute approximate surface area is 123 Å². The van der Waals surface area contributed by atoms with Gasteiger partial charge in [-0.3, -0.25) is 9.78 Å². The lowest BCUT2D eigenvalue weighted by Crippen LogP contribution is -2.27. The molecule has 0 radical (unpaired) electrons. The minimum absolute atomic E-state index is 0.0884. The minimum atomic E-state index is -0.107. The number of benzene rings is 1. The fourth-order valence-electron chi connectivity index (χ4n) is 2.00. The molecule has 1 heterocycles. The number of methoxy groups -OCH3 is 1. The number of carbonyl (C=O) groups is 1. The van der Waals surface area contributed by atoms with Crippen LogP contribution >= 0.6 is 11.6 Å². The van der Waals surface area contributed by atoms with E-state index in [0.717, 1.165) is 10.9 Å². The Morgan fingerprint density at radius 2 is 2.20 bits per heavy atom. The van der Waals surface area contributed by atoms with Crippen LogP contribution in [0.4, 0.5) is 0 Å². The van der Waals surface area contributed by atoms with Crippen molar-refractivity contribution in [2.75, 3.05) is 20.3 Å². The van der Waals surface area contributed by atoms with E-state index in [1.807, 2.05) is 24.3 Å². The van der Waals surface area contributed by atoms with Crippen molar-refractivity contribution in [1.82, 2.24) is 10.3 Å². The van der Waals surface area contributed by atoms with Crippen LogP contribution in [0.3, 0.4) is 0 Å². The highest BCUT2D eigenvalue weighted by molar-refractivity contribution is 6.20. The standard InChI is InChI=1S/C15H17ClN2O2/c1-20-10-11(16)6-8-18-15(19)13-7-9-17-14-5-3-2-4-12(13)14/h2-5,7,9,11H,6,8,10H2,1H3,(H,18,19). The quantitative estimate of drug-likeness (QED) is 0.833. The van der Waals surface area contributed by atoms with Crippen LogP contribution in [0, 0.1) is 0 Å². The summed E-state index contributed by atoms with van der Waals surface area (Å²) in [5.74, 6) is -0.107. The maximum Gasteiger partial charge on any atom is 0.252 e. The Hall–Kier alpha value is -1.65. The van der Waals surface area contributed by atoms with Crippen LogP contribution in [0.25, 0.3) is 10.9 Å². The van der Waals surface area contributed by atoms with Gasteiger partial charge >= 0.3 is 0 Å². The van der Waals surface area contributed by atoms with Crippen LogP contribution in [-0.4, -0.2) is 36.5 Å². The van der Waals surface area contributed by atoms with Crippen LogP contribution in [-0.2, 0) is 4.74 Å². The number of fused-ring (bicyclic) bond motifs is 1. The molecule has 0 bridgehead atoms. The lowest BCUT2D eigenvalue weighted by molar-refractivity contribution is 0.0953. The fourth-order valence-corrected chi connectivity index (χ4v) is 2.23. The highest BCUT2D eigenvalue weighted by Crippen LogP contribution is 2.15. The molecule has 0 saturated heterocycles. The zero-order valence-corrected chi connectivity index (χ0v) is 12.1. The molecule has 0 spiro atoms. The van der Waals surface area contributed by atoms with Gasteiger partial charge in [-0.05, 0) is 18.6 Å². The fraction of sp³-hybridized carbons (Fsp3) is 0.333. The van der Waals surface area contributed by atoms with Crippen molar-refractivity contribution >= 4 is 28.4 Å². The maximum atomic E-state index is 12.2. The number of amides is 1. The van der Waals surface area contributed by atoms with Gasteiger partial charge in [-0.2, -0.15) is 0 Å². The van der Waals surface area contributed by atoms with Crippen molar-refractivity contribution in [3.63, 3.8) is 0 Å². The van der Waals surface area contributed by atoms with Crippen molar-refractivity contribution in [2.45, 2.75) is 11.8 Å². The number of nitrogens with zero attached hydrogens (tertiary/aromatic N) is 1. The molecular weight excluding hydrogens is 276 g/mol. The van der Waals surface area contributed by atoms with Gasteiger partial charge in [0.25, 0.3) is 5.91 Å². The van der Waals surface area contributed by atoms with E-state index in [0.29, 0.717) is 25.1 Å². The number of aromatic nitrogens is 1. The molecule has 20 heavy (non-hydrogen) atoms. The van der Waals surface area contributed by atoms with E-state index in [9.17, 15) is 4.79 Å². The average Bonchev–Trinajstić information content (AvgIpc) is 2.47. The lowest BCUT2D eigenvalue weighted by Gasteiger charge is -2.10. The first-order chi connectivity index (χ1) is 9.72. The molecule has 0 aliphatic rings. The molecule has 1 aromatic heterocycles. The van der Waals surface area contributed by atoms with Crippen LogP contribution in [0.5, 0.6) is 0 Å². The summed E-state index contributed by atoms with van der Waals surface area (Å²) in [6.45, 7) is 1.00. The number of carbonyl (C=O) groups excluding carboxylic acids is 1. The lowest BCUT2D eigenvalue weighted by atomic mass is 10.1. The molecule has 2 aromatic rings. The van der Waals surface area contributed by atoms with E-state index in [1.165, 1.54) is 0 Å². The molecule has 0 fully saturated rings. The second-order valence-electron chi connectivity index (χ2n) is 4.47. The number of alkyl halides is 1. The molecule has 2 rings (SSSR count). The molecule has 0 saturated carbocycles. The number of para-hydroxylation sites is 1. The highest BCUT2D eigenvalue weighted by atomic mass is 35.5. The summed E-state index contributed by atoms with van der Waals surface area (Å²) in [6, 6.07) is 9.31. The predicted molar refractivity (Wildman–Crippen MR) is 80.2 cm³/mol. The average molecular weight is 293 g/mol. The summed E-state index contributed by atoms with van der Waals surface area (Å²) in [6.07, 6.45) is 2.32. The summed E-state index contributed by atoms with van der Waals surface area (Å²) in [7, 11) is 1.61. The van der Waals surface area contributed by atoms with Gasteiger partial charge in [-0.25, -0.2) is 0 Å². The van der Waals surface area contributed by atoms with Crippen molar-refractivity contribution < 1.29 is 9.53 Å². The summed E-state index contributed by atoms with van der Waals surface area (Å²) in [4.78, 5) is 16.4. The molecule has 1 unspecified atom stereocenters. The van der Waals surface area contributed by atoms with Crippen molar-refractivity contribution in [2.24, 2.45) is 0 Å². The van der Waals surface area contributed by atoms with Gasteiger partial charge in [-0.1, -0.05) is 18.2 Å². The third-order valence-electron chi connectivity index (χ3n) is 2.98. The van der Waals surface area contributed by atoms with Crippen LogP contribution in [0.2, 0.25) is 0 Å². The van der Waals surface area contributed by atoms with E-state index in [1.54, 1.807) is 19.4 Å². The molecule has 0 aliphatic carbocycles. The van der Waals surface area contributed by atoms with Gasteiger partial charge in [-0.15, -0.1) is 11.6 Å². The Kier molecular flexibility index (Phi) is 5.32. The molecule has 1 N–H and O–H groups in total. The van der Waals surface area contributed by atoms with Gasteiger partial charge in [0.15, 0.2) is 0 Å². The number of hydrogen-bond acceptors (Lipinski definition) is 3. The second kappa shape index (κ2) is 7.22. The monoisotopic (exact) mass is 292 g/mol. The number of pyridine rings is 1. The zero-order chi connectivity index (χ0) is 14.4. The summed E-state index contributed by atoms with van der Waals surface area (Å²) >= 11 is 6.02. The molecule has 4 nitrogen and oxygen atoms in total. The van der Waals surface area contributed by atoms with Gasteiger partial charge in [0.1, 0.15) is 0 Å². The number of rotatable bonds is 6. The Balaban J connectivity index is 2.01. The summed E-state index contributed by atoms with van der Waals surface area (Å²) in [5.41, 5.74) is 1.45. The summed E-state index contributed by atoms with van der Waals surface area (Å²) < 4.78 is 4.95. The Bertz CT molecular complexity index is 584. The van der Waals surface area contributed by atoms with E-state index < -0.39 is 0 Å². The van der Waals surface area contributed by atoms with E-state index in [-0.39, 0.29) is 11.3 Å². The third-order valence-corrected chi connectivity index (χ3v) is 3.33. The second-order valence-corrected chi connectivity index (χ2v) is 5.09. The molecule has 5 heteroatoms. The number of hydrogen-bond donors (Lipinski definition) is 1. The Morgan fingerprint density at radius 3 is 3.00 bits per heavy atom. The number of ether oxygens (including phenoxy) is 1. The number of halogens is 1. The predicted octanol–water partition coefficient (Wildman–Crippen LogP) is 2.61. The first-order valence-corrected chi connectivity index (χ1v) is 6.91. The van der Waals surface area contributed by atoms with Crippen molar-refractivity contribution in [3.05, 3.63) is 42.1 Å². The first kappa shape index (κ1) is 14.8. The van der Waals surface area contributed by atoms with E-state index in [2.05, 4.69) is 10.3 Å². The molecule has 1 atom stereocenters. The van der Waals surface area contributed by atoms with Crippen LogP contribution < -0.4 is 5.32 Å². The minimum Gasteiger partial charge on any atom is -0.383 e. The normalized spacial score (nSPS) is 12.3. The van der Waals surface area contributed by atoms with Gasteiger partial charge in [0.05, 0.1) is 23.1 Å². The molecule has 106 valence electrons. The topological polar surface area (TPSA) is 51.2 Å². The first-order valence-electron chi connectivity index (χ1n) is 6.47. The van der Waals surface area contributed by atoms with Crippen LogP contribution in [0.15, 0.2) is 36.5 Å². The van der Waals surface area contributed by atoms with Gasteiger partial charge in [0, 0.05) is 25.2 Å². The van der Waals surface area contributed by atoms with Crippen LogP contribution in [0.1, 0.15) is 16.8 Å². The molecular formula is C15H17ClN2O2. The Morgan fingerprint density at radius 1 is 1.40 bits per heavy atom. The third kappa shape index (κ3) is 3.68. The molecule has 0 aliphatic heterocycles. The van der Waals surface area contributed by atoms with E-state index >= 15 is 0 Å². The highest BCUT2D eigenvalue weighted by Gasteiger charge is 2.10. The zero-order valence-electron chi connectivity index (χ0n) is 11.3.